The number of halogens is 1. The quantitative estimate of drug-likeness (QED) is 0.484. The van der Waals surface area contributed by atoms with Crippen LogP contribution in [0, 0.1) is 20.2 Å². The number of hydrogen-bond donors (Lipinski definition) is 2. The van der Waals surface area contributed by atoms with Gasteiger partial charge in [0.15, 0.2) is 0 Å². The Balaban J connectivity index is 2.09. The van der Waals surface area contributed by atoms with Crippen LogP contribution in [0.4, 0.5) is 22.7 Å². The molecule has 10 nitrogen and oxygen atoms in total. The SMILES string of the molecule is O=C(Nc1cccc([N+](=O)[O-])c1)C(=O)Nc1ccc(Cl)c([N+](=O)[O-])c1. The maximum Gasteiger partial charge on any atom is 0.314 e. The largest absolute Gasteiger partial charge is 0.318 e. The van der Waals surface area contributed by atoms with Gasteiger partial charge in [0.2, 0.25) is 0 Å². The average Bonchev–Trinajstić information content (AvgIpc) is 2.56. The first-order valence-corrected chi connectivity index (χ1v) is 6.96. The first kappa shape index (κ1) is 17.8. The summed E-state index contributed by atoms with van der Waals surface area (Å²) >= 11 is 5.65. The van der Waals surface area contributed by atoms with Crippen molar-refractivity contribution >= 4 is 46.2 Å². The van der Waals surface area contributed by atoms with Crippen LogP contribution in [0.1, 0.15) is 0 Å². The predicted octanol–water partition coefficient (Wildman–Crippen LogP) is 2.73. The van der Waals surface area contributed by atoms with Crippen molar-refractivity contribution in [1.82, 2.24) is 0 Å². The molecular weight excluding hydrogens is 356 g/mol. The Hall–Kier alpha value is -3.53. The Morgan fingerprint density at radius 2 is 1.48 bits per heavy atom. The smallest absolute Gasteiger partial charge is 0.314 e. The first-order valence-electron chi connectivity index (χ1n) is 6.58. The molecule has 0 aliphatic rings. The molecule has 0 spiro atoms. The van der Waals surface area contributed by atoms with E-state index in [2.05, 4.69) is 10.6 Å². The Morgan fingerprint density at radius 3 is 2.04 bits per heavy atom. The van der Waals surface area contributed by atoms with Crippen LogP contribution < -0.4 is 10.6 Å². The fourth-order valence-corrected chi connectivity index (χ4v) is 1.99. The van der Waals surface area contributed by atoms with Gasteiger partial charge in [0, 0.05) is 29.6 Å². The summed E-state index contributed by atoms with van der Waals surface area (Å²) in [6, 6.07) is 8.50. The van der Waals surface area contributed by atoms with Gasteiger partial charge >= 0.3 is 11.8 Å². The summed E-state index contributed by atoms with van der Waals surface area (Å²) < 4.78 is 0. The molecule has 0 bridgehead atoms. The highest BCUT2D eigenvalue weighted by Crippen LogP contribution is 2.27. The van der Waals surface area contributed by atoms with Crippen molar-refractivity contribution in [3.8, 4) is 0 Å². The summed E-state index contributed by atoms with van der Waals surface area (Å²) in [5.74, 6) is -2.21. The van der Waals surface area contributed by atoms with Gasteiger partial charge in [-0.3, -0.25) is 29.8 Å². The van der Waals surface area contributed by atoms with Crippen LogP contribution in [0.5, 0.6) is 0 Å². The molecule has 11 heteroatoms. The van der Waals surface area contributed by atoms with E-state index in [-0.39, 0.29) is 22.1 Å². The molecule has 0 aromatic heterocycles. The lowest BCUT2D eigenvalue weighted by molar-refractivity contribution is -0.384. The van der Waals surface area contributed by atoms with E-state index in [9.17, 15) is 29.8 Å². The molecule has 0 atom stereocenters. The molecule has 2 N–H and O–H groups in total. The molecule has 128 valence electrons. The fraction of sp³-hybridized carbons (Fsp3) is 0. The molecule has 0 unspecified atom stereocenters. The number of nitro benzene ring substituents is 2. The van der Waals surface area contributed by atoms with Gasteiger partial charge in [0.05, 0.1) is 9.85 Å². The first-order chi connectivity index (χ1) is 11.8. The van der Waals surface area contributed by atoms with E-state index in [0.717, 1.165) is 12.1 Å². The fourth-order valence-electron chi connectivity index (χ4n) is 1.80. The van der Waals surface area contributed by atoms with Crippen LogP contribution >= 0.6 is 11.6 Å². The maximum absolute atomic E-state index is 11.8. The minimum absolute atomic E-state index is 0.00436. The van der Waals surface area contributed by atoms with Crippen molar-refractivity contribution < 1.29 is 19.4 Å². The van der Waals surface area contributed by atoms with Crippen LogP contribution in [0.3, 0.4) is 0 Å². The number of anilines is 2. The Bertz CT molecular complexity index is 885. The molecular formula is C14H9ClN4O6. The second-order valence-corrected chi connectivity index (χ2v) is 5.05. The van der Waals surface area contributed by atoms with Crippen molar-refractivity contribution in [2.45, 2.75) is 0 Å². The van der Waals surface area contributed by atoms with Gasteiger partial charge in [-0.2, -0.15) is 0 Å². The molecule has 2 aromatic rings. The Labute approximate surface area is 144 Å². The minimum Gasteiger partial charge on any atom is -0.318 e. The summed E-state index contributed by atoms with van der Waals surface area (Å²) in [6.07, 6.45) is 0. The predicted molar refractivity (Wildman–Crippen MR) is 88.5 cm³/mol. The van der Waals surface area contributed by atoms with Gasteiger partial charge in [0.1, 0.15) is 5.02 Å². The number of hydrogen-bond acceptors (Lipinski definition) is 6. The van der Waals surface area contributed by atoms with Crippen molar-refractivity contribution in [2.75, 3.05) is 10.6 Å². The number of benzene rings is 2. The van der Waals surface area contributed by atoms with Gasteiger partial charge in [-0.05, 0) is 18.2 Å². The van der Waals surface area contributed by atoms with Crippen LogP contribution in [0.2, 0.25) is 5.02 Å². The highest BCUT2D eigenvalue weighted by Gasteiger charge is 2.18. The average molecular weight is 365 g/mol. The van der Waals surface area contributed by atoms with E-state index in [4.69, 9.17) is 11.6 Å². The van der Waals surface area contributed by atoms with Crippen molar-refractivity contribution in [3.05, 3.63) is 67.7 Å². The molecule has 0 aliphatic heterocycles. The highest BCUT2D eigenvalue weighted by atomic mass is 35.5. The third-order valence-corrected chi connectivity index (χ3v) is 3.24. The summed E-state index contributed by atoms with van der Waals surface area (Å²) in [7, 11) is 0. The molecule has 0 heterocycles. The Kier molecular flexibility index (Phi) is 5.25. The Morgan fingerprint density at radius 1 is 0.880 bits per heavy atom. The second kappa shape index (κ2) is 7.36. The van der Waals surface area contributed by atoms with Gasteiger partial charge < -0.3 is 10.6 Å². The zero-order valence-electron chi connectivity index (χ0n) is 12.3. The number of nitrogens with zero attached hydrogens (tertiary/aromatic N) is 2. The maximum atomic E-state index is 11.8. The zero-order valence-corrected chi connectivity index (χ0v) is 13.0. The summed E-state index contributed by atoms with van der Waals surface area (Å²) in [6.45, 7) is 0. The van der Waals surface area contributed by atoms with Crippen molar-refractivity contribution in [1.29, 1.82) is 0 Å². The van der Waals surface area contributed by atoms with E-state index in [1.165, 1.54) is 30.3 Å². The second-order valence-electron chi connectivity index (χ2n) is 4.64. The molecule has 0 fully saturated rings. The van der Waals surface area contributed by atoms with E-state index in [1.807, 2.05) is 0 Å². The van der Waals surface area contributed by atoms with Crippen LogP contribution in [0.15, 0.2) is 42.5 Å². The van der Waals surface area contributed by atoms with Crippen molar-refractivity contribution in [3.63, 3.8) is 0 Å². The van der Waals surface area contributed by atoms with Crippen molar-refractivity contribution in [2.24, 2.45) is 0 Å². The van der Waals surface area contributed by atoms with Crippen LogP contribution in [-0.4, -0.2) is 21.7 Å². The lowest BCUT2D eigenvalue weighted by Gasteiger charge is -2.07. The van der Waals surface area contributed by atoms with Gasteiger partial charge in [-0.25, -0.2) is 0 Å². The molecule has 0 aliphatic carbocycles. The van der Waals surface area contributed by atoms with E-state index < -0.39 is 27.3 Å². The monoisotopic (exact) mass is 364 g/mol. The van der Waals surface area contributed by atoms with Gasteiger partial charge in [-0.1, -0.05) is 17.7 Å². The van der Waals surface area contributed by atoms with Gasteiger partial charge in [-0.15, -0.1) is 0 Å². The topological polar surface area (TPSA) is 144 Å². The van der Waals surface area contributed by atoms with E-state index in [1.54, 1.807) is 0 Å². The molecule has 0 saturated heterocycles. The van der Waals surface area contributed by atoms with E-state index in [0.29, 0.717) is 0 Å². The molecule has 2 aromatic carbocycles. The molecule has 0 saturated carbocycles. The third-order valence-electron chi connectivity index (χ3n) is 2.92. The van der Waals surface area contributed by atoms with E-state index >= 15 is 0 Å². The lowest BCUT2D eigenvalue weighted by atomic mass is 10.2. The molecule has 2 rings (SSSR count). The highest BCUT2D eigenvalue weighted by molar-refractivity contribution is 6.43. The number of amides is 2. The summed E-state index contributed by atoms with van der Waals surface area (Å²) in [4.78, 5) is 43.8. The standard InChI is InChI=1S/C14H9ClN4O6/c15-11-5-4-9(7-12(11)19(24)25)17-14(21)13(20)16-8-2-1-3-10(6-8)18(22)23/h1-7H,(H,16,20)(H,17,21). The lowest BCUT2D eigenvalue weighted by Crippen LogP contribution is -2.29. The number of nitro groups is 2. The summed E-state index contributed by atoms with van der Waals surface area (Å²) in [5.41, 5.74) is -0.642. The third kappa shape index (κ3) is 4.48. The molecule has 0 radical (unpaired) electrons. The molecule has 25 heavy (non-hydrogen) atoms. The minimum atomic E-state index is -1.11. The van der Waals surface area contributed by atoms with Crippen LogP contribution in [-0.2, 0) is 9.59 Å². The number of non-ortho nitro benzene ring substituents is 1. The summed E-state index contributed by atoms with van der Waals surface area (Å²) in [5, 5.41) is 25.7. The van der Waals surface area contributed by atoms with Crippen LogP contribution in [0.25, 0.3) is 0 Å². The number of nitrogens with one attached hydrogen (secondary N) is 2. The number of carbonyl (C=O) groups is 2. The zero-order chi connectivity index (χ0) is 18.6. The normalized spacial score (nSPS) is 9.96. The molecule has 2 amide bonds. The number of rotatable bonds is 4. The van der Waals surface area contributed by atoms with Gasteiger partial charge in [0.25, 0.3) is 11.4 Å². The number of carbonyl (C=O) groups excluding carboxylic acids is 2.